The lowest BCUT2D eigenvalue weighted by Crippen LogP contribution is -2.15. The lowest BCUT2D eigenvalue weighted by molar-refractivity contribution is -0.145. The number of aryl methyl sites for hydroxylation is 2. The van der Waals surface area contributed by atoms with Gasteiger partial charge in [-0.2, -0.15) is 0 Å². The summed E-state index contributed by atoms with van der Waals surface area (Å²) < 4.78 is 20.2. The number of benzene rings is 1. The number of hydrogen-bond donors (Lipinski definition) is 0. The van der Waals surface area contributed by atoms with Crippen molar-refractivity contribution in [2.24, 2.45) is 0 Å². The normalized spacial score (nSPS) is 10.4. The molecule has 0 aliphatic carbocycles. The van der Waals surface area contributed by atoms with Crippen LogP contribution in [0.1, 0.15) is 17.5 Å². The average molecular weight is 360 g/mol. The largest absolute Gasteiger partial charge is 0.481 e. The second kappa shape index (κ2) is 8.84. The minimum Gasteiger partial charge on any atom is -0.481 e. The van der Waals surface area contributed by atoms with Crippen LogP contribution in [-0.4, -0.2) is 32.3 Å². The fourth-order valence-electron chi connectivity index (χ4n) is 2.39. The molecular formula is C19H20O7. The van der Waals surface area contributed by atoms with Crippen molar-refractivity contribution >= 4 is 22.9 Å². The highest BCUT2D eigenvalue weighted by atomic mass is 16.6. The van der Waals surface area contributed by atoms with Crippen molar-refractivity contribution in [3.05, 3.63) is 52.4 Å². The summed E-state index contributed by atoms with van der Waals surface area (Å²) in [6.07, 6.45) is 1.94. The van der Waals surface area contributed by atoms with E-state index >= 15 is 0 Å². The van der Waals surface area contributed by atoms with Gasteiger partial charge in [-0.05, 0) is 30.5 Å². The second-order valence-corrected chi connectivity index (χ2v) is 5.54. The van der Waals surface area contributed by atoms with Gasteiger partial charge in [-0.25, -0.2) is 9.59 Å². The Kier molecular flexibility index (Phi) is 6.54. The number of fused-ring (bicyclic) bond motifs is 1. The first kappa shape index (κ1) is 19.2. The maximum Gasteiger partial charge on any atom is 0.344 e. The Morgan fingerprint density at radius 3 is 2.69 bits per heavy atom. The van der Waals surface area contributed by atoms with Crippen molar-refractivity contribution in [1.82, 2.24) is 0 Å². The Labute approximate surface area is 150 Å². The first-order chi connectivity index (χ1) is 12.4. The summed E-state index contributed by atoms with van der Waals surface area (Å²) in [5, 5.41) is 0.728. The third kappa shape index (κ3) is 4.95. The molecule has 0 spiro atoms. The molecule has 0 atom stereocenters. The van der Waals surface area contributed by atoms with Crippen LogP contribution in [0.15, 0.2) is 40.1 Å². The van der Waals surface area contributed by atoms with Gasteiger partial charge in [0.25, 0.3) is 0 Å². The molecule has 7 heteroatoms. The molecule has 2 aromatic rings. The highest BCUT2D eigenvalue weighted by Crippen LogP contribution is 2.28. The second-order valence-electron chi connectivity index (χ2n) is 5.54. The number of esters is 2. The molecule has 1 aromatic carbocycles. The predicted molar refractivity (Wildman–Crippen MR) is 94.2 cm³/mol. The van der Waals surface area contributed by atoms with Crippen LogP contribution in [-0.2, 0) is 25.5 Å². The third-order valence-electron chi connectivity index (χ3n) is 3.67. The number of hydrogen-bond acceptors (Lipinski definition) is 7. The zero-order valence-corrected chi connectivity index (χ0v) is 14.7. The van der Waals surface area contributed by atoms with Crippen molar-refractivity contribution in [2.75, 3.05) is 20.3 Å². The molecule has 0 fully saturated rings. The van der Waals surface area contributed by atoms with Crippen molar-refractivity contribution in [3.8, 4) is 5.75 Å². The van der Waals surface area contributed by atoms with Crippen molar-refractivity contribution < 1.29 is 28.2 Å². The van der Waals surface area contributed by atoms with Crippen molar-refractivity contribution in [2.45, 2.75) is 19.8 Å². The fraction of sp³-hybridized carbons (Fsp3) is 0.316. The highest BCUT2D eigenvalue weighted by Gasteiger charge is 2.14. The molecule has 1 aromatic heterocycles. The summed E-state index contributed by atoms with van der Waals surface area (Å²) in [7, 11) is 1.31. The third-order valence-corrected chi connectivity index (χ3v) is 3.67. The standard InChI is InChI=1S/C19H20O7/c1-4-7-24-19(22)11-25-15-10-16-14(12(2)8-18(21)26-16)9-13(15)5-6-17(20)23-3/h4,8-10H,1,5-7,11H2,2-3H3. The first-order valence-electron chi connectivity index (χ1n) is 7.98. The van der Waals surface area contributed by atoms with Gasteiger partial charge in [-0.3, -0.25) is 4.79 Å². The summed E-state index contributed by atoms with van der Waals surface area (Å²) in [5.41, 5.74) is 1.30. The predicted octanol–water partition coefficient (Wildman–Crippen LogP) is 2.32. The Morgan fingerprint density at radius 2 is 2.00 bits per heavy atom. The van der Waals surface area contributed by atoms with Gasteiger partial charge in [0.2, 0.25) is 0 Å². The molecule has 0 aliphatic heterocycles. The number of rotatable bonds is 8. The molecule has 2 rings (SSSR count). The average Bonchev–Trinajstić information content (AvgIpc) is 2.62. The molecule has 7 nitrogen and oxygen atoms in total. The van der Waals surface area contributed by atoms with Crippen LogP contribution in [0.3, 0.4) is 0 Å². The molecule has 0 amide bonds. The van der Waals surface area contributed by atoms with E-state index in [9.17, 15) is 14.4 Å². The summed E-state index contributed by atoms with van der Waals surface area (Å²) in [6, 6.07) is 4.71. The van der Waals surface area contributed by atoms with E-state index in [0.29, 0.717) is 23.3 Å². The molecule has 0 aliphatic rings. The summed E-state index contributed by atoms with van der Waals surface area (Å²) in [6.45, 7) is 5.02. The van der Waals surface area contributed by atoms with Gasteiger partial charge in [-0.1, -0.05) is 12.7 Å². The van der Waals surface area contributed by atoms with E-state index in [1.807, 2.05) is 0 Å². The molecule has 0 unspecified atom stereocenters. The van der Waals surface area contributed by atoms with Gasteiger partial charge in [0, 0.05) is 23.9 Å². The molecule has 0 radical (unpaired) electrons. The zero-order valence-electron chi connectivity index (χ0n) is 14.7. The molecular weight excluding hydrogens is 340 g/mol. The highest BCUT2D eigenvalue weighted by molar-refractivity contribution is 5.83. The van der Waals surface area contributed by atoms with Gasteiger partial charge >= 0.3 is 17.6 Å². The molecule has 0 bridgehead atoms. The Morgan fingerprint density at radius 1 is 1.23 bits per heavy atom. The smallest absolute Gasteiger partial charge is 0.344 e. The van der Waals surface area contributed by atoms with Gasteiger partial charge in [0.05, 0.1) is 7.11 Å². The SMILES string of the molecule is C=CCOC(=O)COc1cc2oc(=O)cc(C)c2cc1CCC(=O)OC. The minimum absolute atomic E-state index is 0.0865. The van der Waals surface area contributed by atoms with E-state index in [2.05, 4.69) is 11.3 Å². The number of carbonyl (C=O) groups is 2. The number of methoxy groups -OCH3 is 1. The van der Waals surface area contributed by atoms with Crippen LogP contribution in [0.5, 0.6) is 5.75 Å². The fourth-order valence-corrected chi connectivity index (χ4v) is 2.39. The summed E-state index contributed by atoms with van der Waals surface area (Å²) in [5.74, 6) is -0.585. The van der Waals surface area contributed by atoms with Crippen LogP contribution < -0.4 is 10.4 Å². The van der Waals surface area contributed by atoms with E-state index in [-0.39, 0.29) is 25.6 Å². The number of ether oxygens (including phenoxy) is 3. The first-order valence-corrected chi connectivity index (χ1v) is 7.98. The van der Waals surface area contributed by atoms with Crippen LogP contribution in [0.4, 0.5) is 0 Å². The maximum absolute atomic E-state index is 11.6. The van der Waals surface area contributed by atoms with Gasteiger partial charge in [0.1, 0.15) is 17.9 Å². The Hall–Kier alpha value is -3.09. The molecule has 26 heavy (non-hydrogen) atoms. The molecule has 138 valence electrons. The quantitative estimate of drug-likeness (QED) is 0.405. The lowest BCUT2D eigenvalue weighted by atomic mass is 10.0. The van der Waals surface area contributed by atoms with Crippen molar-refractivity contribution in [3.63, 3.8) is 0 Å². The topological polar surface area (TPSA) is 92.0 Å². The van der Waals surface area contributed by atoms with Crippen LogP contribution in [0.25, 0.3) is 11.0 Å². The number of carbonyl (C=O) groups excluding carboxylic acids is 2. The van der Waals surface area contributed by atoms with Crippen LogP contribution in [0.2, 0.25) is 0 Å². The van der Waals surface area contributed by atoms with E-state index < -0.39 is 11.6 Å². The zero-order chi connectivity index (χ0) is 19.1. The van der Waals surface area contributed by atoms with Crippen LogP contribution >= 0.6 is 0 Å². The lowest BCUT2D eigenvalue weighted by Gasteiger charge is -2.13. The van der Waals surface area contributed by atoms with Gasteiger partial charge in [-0.15, -0.1) is 0 Å². The Bertz CT molecular complexity index is 879. The molecule has 0 saturated heterocycles. The summed E-state index contributed by atoms with van der Waals surface area (Å²) in [4.78, 5) is 34.7. The van der Waals surface area contributed by atoms with Crippen LogP contribution in [0, 0.1) is 6.92 Å². The molecule has 0 N–H and O–H groups in total. The Balaban J connectivity index is 2.33. The van der Waals surface area contributed by atoms with Crippen molar-refractivity contribution in [1.29, 1.82) is 0 Å². The van der Waals surface area contributed by atoms with E-state index in [1.165, 1.54) is 25.3 Å². The maximum atomic E-state index is 11.6. The van der Waals surface area contributed by atoms with Gasteiger partial charge < -0.3 is 18.6 Å². The molecule has 0 saturated carbocycles. The summed E-state index contributed by atoms with van der Waals surface area (Å²) >= 11 is 0. The van der Waals surface area contributed by atoms with E-state index in [1.54, 1.807) is 13.0 Å². The monoisotopic (exact) mass is 360 g/mol. The van der Waals surface area contributed by atoms with E-state index in [4.69, 9.17) is 13.9 Å². The minimum atomic E-state index is -0.561. The van der Waals surface area contributed by atoms with E-state index in [0.717, 1.165) is 10.9 Å². The van der Waals surface area contributed by atoms with Gasteiger partial charge in [0.15, 0.2) is 6.61 Å². The molecule has 1 heterocycles.